The van der Waals surface area contributed by atoms with E-state index in [1.54, 1.807) is 24.4 Å². The highest BCUT2D eigenvalue weighted by atomic mass is 19.3. The number of nitrogens with zero attached hydrogens (tertiary/aromatic N) is 1. The lowest BCUT2D eigenvalue weighted by Crippen LogP contribution is -2.25. The smallest absolute Gasteiger partial charge is 0.387 e. The van der Waals surface area contributed by atoms with E-state index in [0.717, 1.165) is 5.69 Å². The molecule has 0 bridgehead atoms. The van der Waals surface area contributed by atoms with Crippen molar-refractivity contribution in [3.63, 3.8) is 0 Å². The minimum absolute atomic E-state index is 0.0668. The lowest BCUT2D eigenvalue weighted by atomic mass is 10.1. The fraction of sp³-hybridized carbons (Fsp3) is 0.222. The number of nitrogens with one attached hydrogen (secondary N) is 1. The van der Waals surface area contributed by atoms with E-state index >= 15 is 0 Å². The monoisotopic (exact) mass is 348 g/mol. The number of methoxy groups -OCH3 is 1. The zero-order chi connectivity index (χ0) is 18.2. The van der Waals surface area contributed by atoms with Gasteiger partial charge in [-0.3, -0.25) is 9.78 Å². The van der Waals surface area contributed by atoms with Crippen LogP contribution in [0.25, 0.3) is 6.08 Å². The highest BCUT2D eigenvalue weighted by Gasteiger charge is 2.11. The minimum atomic E-state index is -2.94. The van der Waals surface area contributed by atoms with Gasteiger partial charge in [0, 0.05) is 12.3 Å². The summed E-state index contributed by atoms with van der Waals surface area (Å²) in [6, 6.07) is 9.63. The van der Waals surface area contributed by atoms with Gasteiger partial charge in [0.05, 0.1) is 18.8 Å². The Hall–Kier alpha value is -2.96. The van der Waals surface area contributed by atoms with Gasteiger partial charge in [0.2, 0.25) is 5.91 Å². The molecule has 1 aromatic heterocycles. The Balaban J connectivity index is 2.02. The van der Waals surface area contributed by atoms with Crippen molar-refractivity contribution in [2.75, 3.05) is 7.11 Å². The van der Waals surface area contributed by atoms with Gasteiger partial charge in [-0.2, -0.15) is 8.78 Å². The van der Waals surface area contributed by atoms with E-state index < -0.39 is 6.61 Å². The van der Waals surface area contributed by atoms with Crippen molar-refractivity contribution >= 4 is 12.0 Å². The number of rotatable bonds is 7. The Labute approximate surface area is 144 Å². The normalized spacial score (nSPS) is 12.2. The predicted octanol–water partition coefficient (Wildman–Crippen LogP) is 3.58. The minimum Gasteiger partial charge on any atom is -0.493 e. The molecule has 2 aromatic rings. The molecule has 1 N–H and O–H groups in total. The quantitative estimate of drug-likeness (QED) is 0.777. The molecule has 0 saturated heterocycles. The van der Waals surface area contributed by atoms with Gasteiger partial charge in [-0.05, 0) is 42.8 Å². The number of alkyl halides is 2. The number of ether oxygens (including phenoxy) is 2. The molecule has 25 heavy (non-hydrogen) atoms. The van der Waals surface area contributed by atoms with Gasteiger partial charge >= 0.3 is 6.61 Å². The van der Waals surface area contributed by atoms with Gasteiger partial charge in [0.25, 0.3) is 0 Å². The molecule has 0 unspecified atom stereocenters. The van der Waals surface area contributed by atoms with Gasteiger partial charge in [-0.1, -0.05) is 12.1 Å². The Morgan fingerprint density at radius 3 is 2.68 bits per heavy atom. The number of pyridine rings is 1. The number of benzene rings is 1. The largest absolute Gasteiger partial charge is 0.493 e. The summed E-state index contributed by atoms with van der Waals surface area (Å²) >= 11 is 0. The van der Waals surface area contributed by atoms with Crippen LogP contribution in [0.2, 0.25) is 0 Å². The molecule has 0 saturated carbocycles. The molecule has 0 aliphatic carbocycles. The molecule has 0 aliphatic heterocycles. The first-order chi connectivity index (χ1) is 12.0. The molecule has 5 nitrogen and oxygen atoms in total. The van der Waals surface area contributed by atoms with Crippen LogP contribution < -0.4 is 14.8 Å². The third-order valence-corrected chi connectivity index (χ3v) is 3.32. The topological polar surface area (TPSA) is 60.5 Å². The van der Waals surface area contributed by atoms with Gasteiger partial charge < -0.3 is 14.8 Å². The second-order valence-corrected chi connectivity index (χ2v) is 5.11. The molecular formula is C18H18F2N2O3. The summed E-state index contributed by atoms with van der Waals surface area (Å²) < 4.78 is 34.0. The number of halogens is 2. The molecule has 1 atom stereocenters. The zero-order valence-electron chi connectivity index (χ0n) is 13.8. The van der Waals surface area contributed by atoms with Gasteiger partial charge in [0.1, 0.15) is 0 Å². The van der Waals surface area contributed by atoms with Crippen molar-refractivity contribution in [2.24, 2.45) is 0 Å². The molecule has 2 rings (SSSR count). The Morgan fingerprint density at radius 1 is 1.24 bits per heavy atom. The van der Waals surface area contributed by atoms with Crippen molar-refractivity contribution in [1.82, 2.24) is 10.3 Å². The fourth-order valence-corrected chi connectivity index (χ4v) is 2.12. The molecule has 7 heteroatoms. The van der Waals surface area contributed by atoms with Gasteiger partial charge in [-0.15, -0.1) is 0 Å². The summed E-state index contributed by atoms with van der Waals surface area (Å²) in [6.07, 6.45) is 4.56. The van der Waals surface area contributed by atoms with E-state index in [2.05, 4.69) is 15.0 Å². The molecule has 0 spiro atoms. The Bertz CT molecular complexity index is 736. The van der Waals surface area contributed by atoms with Crippen LogP contribution in [-0.2, 0) is 4.79 Å². The van der Waals surface area contributed by atoms with Crippen molar-refractivity contribution in [3.8, 4) is 11.5 Å². The second kappa shape index (κ2) is 8.77. The van der Waals surface area contributed by atoms with E-state index in [1.807, 2.05) is 19.1 Å². The number of aromatic nitrogens is 1. The molecule has 0 aliphatic rings. The van der Waals surface area contributed by atoms with E-state index in [4.69, 9.17) is 4.74 Å². The standard InChI is InChI=1S/C18H18F2N2O3/c1-12(14-5-3-4-10-21-14)22-17(23)9-7-13-6-8-15(25-18(19)20)16(11-13)24-2/h3-12,18H,1-2H3,(H,22,23)/b9-7+/t12-/m1/s1. The van der Waals surface area contributed by atoms with Crippen LogP contribution in [0.15, 0.2) is 48.7 Å². The van der Waals surface area contributed by atoms with Crippen molar-refractivity contribution in [3.05, 3.63) is 59.9 Å². The van der Waals surface area contributed by atoms with Crippen molar-refractivity contribution < 1.29 is 23.0 Å². The third kappa shape index (κ3) is 5.56. The maximum absolute atomic E-state index is 12.3. The zero-order valence-corrected chi connectivity index (χ0v) is 13.8. The summed E-state index contributed by atoms with van der Waals surface area (Å²) in [5, 5.41) is 2.79. The Kier molecular flexibility index (Phi) is 6.45. The number of carbonyl (C=O) groups excluding carboxylic acids is 1. The molecule has 0 fully saturated rings. The van der Waals surface area contributed by atoms with Crippen LogP contribution in [0.5, 0.6) is 11.5 Å². The van der Waals surface area contributed by atoms with Crippen LogP contribution in [-0.4, -0.2) is 24.6 Å². The lowest BCUT2D eigenvalue weighted by Gasteiger charge is -2.11. The summed E-state index contributed by atoms with van der Waals surface area (Å²) in [7, 11) is 1.35. The number of hydrogen-bond acceptors (Lipinski definition) is 4. The molecule has 132 valence electrons. The highest BCUT2D eigenvalue weighted by molar-refractivity contribution is 5.92. The van der Waals surface area contributed by atoms with Crippen LogP contribution >= 0.6 is 0 Å². The average molecular weight is 348 g/mol. The Morgan fingerprint density at radius 2 is 2.04 bits per heavy atom. The summed E-state index contributed by atoms with van der Waals surface area (Å²) in [4.78, 5) is 16.2. The summed E-state index contributed by atoms with van der Waals surface area (Å²) in [6.45, 7) is -1.11. The molecular weight excluding hydrogens is 330 g/mol. The third-order valence-electron chi connectivity index (χ3n) is 3.32. The van der Waals surface area contributed by atoms with Crippen LogP contribution in [0.1, 0.15) is 24.2 Å². The number of carbonyl (C=O) groups is 1. The first-order valence-corrected chi connectivity index (χ1v) is 7.52. The molecule has 1 amide bonds. The number of hydrogen-bond donors (Lipinski definition) is 1. The second-order valence-electron chi connectivity index (χ2n) is 5.11. The first-order valence-electron chi connectivity index (χ1n) is 7.52. The molecule has 1 aromatic carbocycles. The summed E-state index contributed by atoms with van der Waals surface area (Å²) in [5.41, 5.74) is 1.36. The van der Waals surface area contributed by atoms with Crippen molar-refractivity contribution in [2.45, 2.75) is 19.6 Å². The van der Waals surface area contributed by atoms with Crippen LogP contribution in [0.3, 0.4) is 0 Å². The molecule has 0 radical (unpaired) electrons. The SMILES string of the molecule is COc1cc(/C=C/C(=O)N[C@H](C)c2ccccn2)ccc1OC(F)F. The maximum atomic E-state index is 12.3. The fourth-order valence-electron chi connectivity index (χ4n) is 2.12. The van der Waals surface area contributed by atoms with Gasteiger partial charge in [-0.25, -0.2) is 0 Å². The number of amides is 1. The predicted molar refractivity (Wildman–Crippen MR) is 89.5 cm³/mol. The maximum Gasteiger partial charge on any atom is 0.387 e. The van der Waals surface area contributed by atoms with E-state index in [0.29, 0.717) is 5.56 Å². The lowest BCUT2D eigenvalue weighted by molar-refractivity contribution is -0.117. The first kappa shape index (κ1) is 18.4. The van der Waals surface area contributed by atoms with Gasteiger partial charge in [0.15, 0.2) is 11.5 Å². The van der Waals surface area contributed by atoms with Crippen molar-refractivity contribution in [1.29, 1.82) is 0 Å². The van der Waals surface area contributed by atoms with Crippen LogP contribution in [0, 0.1) is 0 Å². The highest BCUT2D eigenvalue weighted by Crippen LogP contribution is 2.29. The summed E-state index contributed by atoms with van der Waals surface area (Å²) in [5.74, 6) is -0.211. The molecule has 1 heterocycles. The average Bonchev–Trinajstić information content (AvgIpc) is 2.61. The van der Waals surface area contributed by atoms with Crippen LogP contribution in [0.4, 0.5) is 8.78 Å². The van der Waals surface area contributed by atoms with E-state index in [1.165, 1.54) is 25.3 Å². The van der Waals surface area contributed by atoms with E-state index in [-0.39, 0.29) is 23.4 Å². The van der Waals surface area contributed by atoms with E-state index in [9.17, 15) is 13.6 Å².